The van der Waals surface area contributed by atoms with Crippen LogP contribution in [0.25, 0.3) is 0 Å². The van der Waals surface area contributed by atoms with Crippen LogP contribution < -0.4 is 22.5 Å². The molecular formula is C9H12BrNO2. The summed E-state index contributed by atoms with van der Waals surface area (Å²) in [5.41, 5.74) is 2.08. The fourth-order valence-corrected chi connectivity index (χ4v) is 0.801. The molecule has 4 heteroatoms. The molecule has 13 heavy (non-hydrogen) atoms. The first kappa shape index (κ1) is 12.1. The number of benzene rings is 1. The number of rotatable bonds is 3. The zero-order valence-electron chi connectivity index (χ0n) is 7.37. The number of hydroxylamine groups is 1. The number of hydrogen-bond donors (Lipinski definition) is 1. The van der Waals surface area contributed by atoms with Gasteiger partial charge in [-0.3, -0.25) is 4.84 Å². The third-order valence-corrected chi connectivity index (χ3v) is 1.37. The maximum absolute atomic E-state index is 11.2. The minimum absolute atomic E-state index is 0. The Hall–Kier alpha value is -0.870. The summed E-state index contributed by atoms with van der Waals surface area (Å²) in [6.07, 6.45) is 0. The lowest BCUT2D eigenvalue weighted by atomic mass is 10.2. The van der Waals surface area contributed by atoms with E-state index in [4.69, 9.17) is 4.84 Å². The number of hydrogen-bond acceptors (Lipinski definition) is 2. The standard InChI is InChI=1S/C9H11NO2.BrH/c1-2-10-12-9(11)8-6-4-3-5-7-8;/h3-7,10H,2H2,1H3;1H. The molecule has 0 aliphatic carbocycles. The molecule has 3 nitrogen and oxygen atoms in total. The van der Waals surface area contributed by atoms with Crippen molar-refractivity contribution in [2.24, 2.45) is 0 Å². The lowest BCUT2D eigenvalue weighted by Gasteiger charge is -1.98. The van der Waals surface area contributed by atoms with Crippen molar-refractivity contribution in [3.63, 3.8) is 0 Å². The van der Waals surface area contributed by atoms with Gasteiger partial charge in [0.15, 0.2) is 0 Å². The summed E-state index contributed by atoms with van der Waals surface area (Å²) in [6, 6.07) is 8.93. The second-order valence-electron chi connectivity index (χ2n) is 2.35. The van der Waals surface area contributed by atoms with Crippen molar-refractivity contribution in [2.45, 2.75) is 6.92 Å². The molecule has 0 unspecified atom stereocenters. The van der Waals surface area contributed by atoms with Crippen LogP contribution in [0.2, 0.25) is 0 Å². The number of carbonyl (C=O) groups excluding carboxylic acids is 1. The molecule has 0 saturated carbocycles. The zero-order valence-corrected chi connectivity index (χ0v) is 8.95. The van der Waals surface area contributed by atoms with Crippen molar-refractivity contribution in [1.82, 2.24) is 0 Å². The molecule has 0 atom stereocenters. The molecule has 0 aliphatic heterocycles. The van der Waals surface area contributed by atoms with Gasteiger partial charge in [0.2, 0.25) is 0 Å². The maximum Gasteiger partial charge on any atom is 0.397 e. The van der Waals surface area contributed by atoms with E-state index < -0.39 is 0 Å². The number of halogens is 1. The average molecular weight is 246 g/mol. The van der Waals surface area contributed by atoms with E-state index in [9.17, 15) is 4.79 Å². The first-order chi connectivity index (χ1) is 5.84. The molecule has 0 bridgehead atoms. The first-order valence-electron chi connectivity index (χ1n) is 3.92. The Morgan fingerprint density at radius 1 is 1.38 bits per heavy atom. The molecule has 1 aromatic carbocycles. The normalized spacial score (nSPS) is 8.69. The van der Waals surface area contributed by atoms with Crippen LogP contribution in [0.15, 0.2) is 30.3 Å². The maximum atomic E-state index is 11.2. The van der Waals surface area contributed by atoms with E-state index in [1.807, 2.05) is 25.1 Å². The highest BCUT2D eigenvalue weighted by Crippen LogP contribution is 1.97. The van der Waals surface area contributed by atoms with Gasteiger partial charge in [-0.05, 0) is 19.1 Å². The first-order valence-corrected chi connectivity index (χ1v) is 3.92. The largest absolute Gasteiger partial charge is 1.00 e. The Morgan fingerprint density at radius 2 is 2.00 bits per heavy atom. The third kappa shape index (κ3) is 4.05. The minimum Gasteiger partial charge on any atom is -1.00 e. The lowest BCUT2D eigenvalue weighted by molar-refractivity contribution is -0.868. The van der Waals surface area contributed by atoms with Crippen LogP contribution >= 0.6 is 0 Å². The van der Waals surface area contributed by atoms with Gasteiger partial charge in [-0.25, -0.2) is 4.79 Å². The molecule has 2 N–H and O–H groups in total. The van der Waals surface area contributed by atoms with Gasteiger partial charge in [-0.1, -0.05) is 18.2 Å². The Bertz CT molecular complexity index is 251. The van der Waals surface area contributed by atoms with E-state index >= 15 is 0 Å². The molecule has 0 spiro atoms. The second-order valence-corrected chi connectivity index (χ2v) is 2.35. The van der Waals surface area contributed by atoms with Crippen LogP contribution in [-0.4, -0.2) is 12.5 Å². The number of quaternary nitrogens is 1. The van der Waals surface area contributed by atoms with Crippen molar-refractivity contribution in [3.05, 3.63) is 35.9 Å². The van der Waals surface area contributed by atoms with Gasteiger partial charge in [-0.15, -0.1) is 0 Å². The molecule has 0 aliphatic rings. The minimum atomic E-state index is -0.294. The smallest absolute Gasteiger partial charge is 0.397 e. The summed E-state index contributed by atoms with van der Waals surface area (Å²) in [5, 5.41) is 0. The lowest BCUT2D eigenvalue weighted by Crippen LogP contribution is -3.00. The summed E-state index contributed by atoms with van der Waals surface area (Å²) in [7, 11) is 0. The van der Waals surface area contributed by atoms with Gasteiger partial charge in [0.05, 0.1) is 5.56 Å². The molecule has 1 rings (SSSR count). The van der Waals surface area contributed by atoms with Gasteiger partial charge in [0.25, 0.3) is 0 Å². The average Bonchev–Trinajstić information content (AvgIpc) is 2.15. The molecule has 0 heterocycles. The van der Waals surface area contributed by atoms with Crippen LogP contribution in [0.4, 0.5) is 0 Å². The second kappa shape index (κ2) is 6.62. The van der Waals surface area contributed by atoms with Crippen molar-refractivity contribution >= 4 is 5.97 Å². The van der Waals surface area contributed by atoms with Crippen LogP contribution in [0.3, 0.4) is 0 Å². The summed E-state index contributed by atoms with van der Waals surface area (Å²) < 4.78 is 0. The molecular weight excluding hydrogens is 234 g/mol. The summed E-state index contributed by atoms with van der Waals surface area (Å²) in [5.74, 6) is -0.294. The summed E-state index contributed by atoms with van der Waals surface area (Å²) in [4.78, 5) is 16.0. The van der Waals surface area contributed by atoms with E-state index in [1.165, 1.54) is 5.48 Å². The molecule has 0 fully saturated rings. The monoisotopic (exact) mass is 245 g/mol. The van der Waals surface area contributed by atoms with Crippen molar-refractivity contribution in [1.29, 1.82) is 0 Å². The van der Waals surface area contributed by atoms with E-state index in [0.717, 1.165) is 6.54 Å². The Kier molecular flexibility index (Phi) is 6.18. The molecule has 72 valence electrons. The molecule has 1 aromatic rings. The fourth-order valence-electron chi connectivity index (χ4n) is 0.801. The highest BCUT2D eigenvalue weighted by atomic mass is 79.9. The van der Waals surface area contributed by atoms with Crippen LogP contribution in [0.1, 0.15) is 17.3 Å². The van der Waals surface area contributed by atoms with Crippen LogP contribution in [0.5, 0.6) is 0 Å². The van der Waals surface area contributed by atoms with Gasteiger partial charge < -0.3 is 17.0 Å². The SMILES string of the molecule is CC[NH2+]OC(=O)c1ccccc1.[Br-]. The molecule has 0 aromatic heterocycles. The van der Waals surface area contributed by atoms with Crippen LogP contribution in [0, 0.1) is 0 Å². The summed E-state index contributed by atoms with van der Waals surface area (Å²) in [6.45, 7) is 2.65. The Morgan fingerprint density at radius 3 is 2.54 bits per heavy atom. The quantitative estimate of drug-likeness (QED) is 0.592. The fraction of sp³-hybridized carbons (Fsp3) is 0.222. The Labute approximate surface area is 87.8 Å². The predicted octanol–water partition coefficient (Wildman–Crippen LogP) is -2.65. The highest BCUT2D eigenvalue weighted by Gasteiger charge is 2.06. The van der Waals surface area contributed by atoms with E-state index in [1.54, 1.807) is 12.1 Å². The van der Waals surface area contributed by atoms with Gasteiger partial charge in [0.1, 0.15) is 6.54 Å². The van der Waals surface area contributed by atoms with Gasteiger partial charge >= 0.3 is 5.97 Å². The van der Waals surface area contributed by atoms with Crippen molar-refractivity contribution in [3.8, 4) is 0 Å². The number of carbonyl (C=O) groups is 1. The van der Waals surface area contributed by atoms with Crippen LogP contribution in [-0.2, 0) is 4.84 Å². The van der Waals surface area contributed by atoms with Gasteiger partial charge in [-0.2, -0.15) is 5.48 Å². The summed E-state index contributed by atoms with van der Waals surface area (Å²) >= 11 is 0. The van der Waals surface area contributed by atoms with Gasteiger partial charge in [0, 0.05) is 0 Å². The van der Waals surface area contributed by atoms with E-state index in [2.05, 4.69) is 0 Å². The predicted molar refractivity (Wildman–Crippen MR) is 44.3 cm³/mol. The van der Waals surface area contributed by atoms with E-state index in [0.29, 0.717) is 5.56 Å². The molecule has 0 amide bonds. The van der Waals surface area contributed by atoms with Crippen molar-refractivity contribution < 1.29 is 32.1 Å². The third-order valence-electron chi connectivity index (χ3n) is 1.37. The Balaban J connectivity index is 0.00000144. The van der Waals surface area contributed by atoms with E-state index in [-0.39, 0.29) is 23.0 Å². The zero-order chi connectivity index (χ0) is 8.81. The topological polar surface area (TPSA) is 42.9 Å². The molecule has 0 saturated heterocycles. The molecule has 0 radical (unpaired) electrons. The highest BCUT2D eigenvalue weighted by molar-refractivity contribution is 5.88. The van der Waals surface area contributed by atoms with Crippen molar-refractivity contribution in [2.75, 3.05) is 6.54 Å². The number of nitrogens with two attached hydrogens (primary N) is 1.